The van der Waals surface area contributed by atoms with Gasteiger partial charge in [0.25, 0.3) is 5.56 Å². The van der Waals surface area contributed by atoms with Gasteiger partial charge in [-0.05, 0) is 47.4 Å². The van der Waals surface area contributed by atoms with Crippen LogP contribution in [0.25, 0.3) is 33.5 Å². The van der Waals surface area contributed by atoms with Crippen LogP contribution in [0.2, 0.25) is 0 Å². The maximum absolute atomic E-state index is 12.9. The van der Waals surface area contributed by atoms with Crippen LogP contribution in [0.15, 0.2) is 65.5 Å². The number of tetrazole rings is 1. The molecule has 0 atom stereocenters. The molecule has 8 nitrogen and oxygen atoms in total. The lowest BCUT2D eigenvalue weighted by atomic mass is 9.98. The van der Waals surface area contributed by atoms with Crippen molar-refractivity contribution < 1.29 is 0 Å². The van der Waals surface area contributed by atoms with Gasteiger partial charge in [-0.25, -0.2) is 9.67 Å². The van der Waals surface area contributed by atoms with E-state index in [9.17, 15) is 4.79 Å². The molecule has 0 saturated carbocycles. The molecule has 0 radical (unpaired) electrons. The molecular formula is C24H23N7O. The maximum Gasteiger partial charge on any atom is 0.276 e. The first-order valence-corrected chi connectivity index (χ1v) is 10.6. The van der Waals surface area contributed by atoms with Crippen molar-refractivity contribution in [2.45, 2.75) is 33.4 Å². The molecule has 0 saturated heterocycles. The number of aryl methyl sites for hydroxylation is 1. The Bertz CT molecular complexity index is 1430. The van der Waals surface area contributed by atoms with E-state index in [0.717, 1.165) is 40.0 Å². The van der Waals surface area contributed by atoms with E-state index in [4.69, 9.17) is 0 Å². The number of hydrogen-bond donors (Lipinski definition) is 1. The van der Waals surface area contributed by atoms with Gasteiger partial charge in [0.1, 0.15) is 0 Å². The fraction of sp³-hybridized carbons (Fsp3) is 0.208. The first-order valence-electron chi connectivity index (χ1n) is 10.6. The van der Waals surface area contributed by atoms with Crippen LogP contribution in [-0.2, 0) is 13.1 Å². The second-order valence-corrected chi connectivity index (χ2v) is 7.79. The zero-order valence-electron chi connectivity index (χ0n) is 18.0. The molecule has 5 aromatic rings. The molecule has 1 N–H and O–H groups in total. The third-order valence-corrected chi connectivity index (χ3v) is 5.56. The molecular weight excluding hydrogens is 402 g/mol. The standard InChI is InChI=1S/C24H23N7O/c1-3-14-30-24(32)21-13-8-16(2)25-23(21)31(30)15-17-9-11-18(12-10-17)19-6-4-5-7-20(19)22-26-28-29-27-22/h4-13H,3,14-15H2,1-2H3,(H,26,27,28,29). The summed E-state index contributed by atoms with van der Waals surface area (Å²) >= 11 is 0. The van der Waals surface area contributed by atoms with Crippen molar-refractivity contribution >= 4 is 11.0 Å². The van der Waals surface area contributed by atoms with E-state index in [0.29, 0.717) is 24.3 Å². The van der Waals surface area contributed by atoms with Gasteiger partial charge in [0.05, 0.1) is 11.9 Å². The zero-order valence-corrected chi connectivity index (χ0v) is 18.0. The number of nitrogens with one attached hydrogen (secondary N) is 1. The van der Waals surface area contributed by atoms with Gasteiger partial charge in [0.15, 0.2) is 5.65 Å². The van der Waals surface area contributed by atoms with Crippen molar-refractivity contribution in [2.75, 3.05) is 0 Å². The molecule has 0 fully saturated rings. The Morgan fingerprint density at radius 1 is 0.938 bits per heavy atom. The van der Waals surface area contributed by atoms with Crippen molar-refractivity contribution in [1.29, 1.82) is 0 Å². The molecule has 0 bridgehead atoms. The van der Waals surface area contributed by atoms with Crippen molar-refractivity contribution in [3.63, 3.8) is 0 Å². The van der Waals surface area contributed by atoms with Gasteiger partial charge >= 0.3 is 0 Å². The molecule has 0 aliphatic carbocycles. The minimum atomic E-state index is 0.0139. The molecule has 32 heavy (non-hydrogen) atoms. The van der Waals surface area contributed by atoms with Crippen molar-refractivity contribution in [3.8, 4) is 22.5 Å². The highest BCUT2D eigenvalue weighted by Crippen LogP contribution is 2.29. The van der Waals surface area contributed by atoms with E-state index < -0.39 is 0 Å². The van der Waals surface area contributed by atoms with Gasteiger partial charge in [-0.1, -0.05) is 55.5 Å². The number of aromatic nitrogens is 7. The first-order chi connectivity index (χ1) is 15.7. The monoisotopic (exact) mass is 425 g/mol. The summed E-state index contributed by atoms with van der Waals surface area (Å²) in [6.45, 7) is 5.25. The minimum absolute atomic E-state index is 0.0139. The summed E-state index contributed by atoms with van der Waals surface area (Å²) in [4.78, 5) is 17.6. The summed E-state index contributed by atoms with van der Waals surface area (Å²) in [6, 6.07) is 20.1. The Hall–Kier alpha value is -4.07. The molecule has 0 aliphatic rings. The van der Waals surface area contributed by atoms with Crippen LogP contribution in [0.3, 0.4) is 0 Å². The van der Waals surface area contributed by atoms with E-state index >= 15 is 0 Å². The van der Waals surface area contributed by atoms with Crippen LogP contribution in [-0.4, -0.2) is 35.0 Å². The highest BCUT2D eigenvalue weighted by Gasteiger charge is 2.15. The second kappa shape index (κ2) is 8.22. The molecule has 5 rings (SSSR count). The molecule has 3 heterocycles. The van der Waals surface area contributed by atoms with Crippen LogP contribution in [0.5, 0.6) is 0 Å². The average molecular weight is 425 g/mol. The normalized spacial score (nSPS) is 11.3. The number of rotatable bonds is 6. The molecule has 0 unspecified atom stereocenters. The summed E-state index contributed by atoms with van der Waals surface area (Å²) in [5.74, 6) is 0.563. The summed E-state index contributed by atoms with van der Waals surface area (Å²) < 4.78 is 3.80. The van der Waals surface area contributed by atoms with Crippen LogP contribution < -0.4 is 5.56 Å². The Labute approximate surface area is 184 Å². The van der Waals surface area contributed by atoms with E-state index in [2.05, 4.69) is 56.8 Å². The topological polar surface area (TPSA) is 94.3 Å². The predicted octanol–water partition coefficient (Wildman–Crippen LogP) is 3.81. The number of nitrogens with zero attached hydrogens (tertiary/aromatic N) is 6. The molecule has 3 aromatic heterocycles. The van der Waals surface area contributed by atoms with Crippen molar-refractivity contribution in [2.24, 2.45) is 0 Å². The van der Waals surface area contributed by atoms with Crippen LogP contribution in [0.4, 0.5) is 0 Å². The van der Waals surface area contributed by atoms with Gasteiger partial charge in [-0.3, -0.25) is 9.48 Å². The smallest absolute Gasteiger partial charge is 0.267 e. The Morgan fingerprint density at radius 2 is 1.72 bits per heavy atom. The van der Waals surface area contributed by atoms with E-state index in [1.807, 2.05) is 48.0 Å². The van der Waals surface area contributed by atoms with Gasteiger partial charge in [0, 0.05) is 17.8 Å². The van der Waals surface area contributed by atoms with Gasteiger partial charge in [0.2, 0.25) is 5.82 Å². The fourth-order valence-corrected chi connectivity index (χ4v) is 4.03. The number of fused-ring (bicyclic) bond motifs is 1. The van der Waals surface area contributed by atoms with Gasteiger partial charge in [-0.2, -0.15) is 5.21 Å². The third kappa shape index (κ3) is 3.49. The van der Waals surface area contributed by atoms with Gasteiger partial charge in [-0.15, -0.1) is 10.2 Å². The number of aromatic amines is 1. The second-order valence-electron chi connectivity index (χ2n) is 7.79. The molecule has 2 aromatic carbocycles. The first kappa shape index (κ1) is 19.9. The quantitative estimate of drug-likeness (QED) is 0.446. The predicted molar refractivity (Wildman–Crippen MR) is 123 cm³/mol. The largest absolute Gasteiger partial charge is 0.276 e. The van der Waals surface area contributed by atoms with Crippen LogP contribution >= 0.6 is 0 Å². The average Bonchev–Trinajstić information content (AvgIpc) is 3.43. The summed E-state index contributed by atoms with van der Waals surface area (Å²) in [5, 5.41) is 15.1. The number of hydrogen-bond acceptors (Lipinski definition) is 5. The molecule has 0 spiro atoms. The van der Waals surface area contributed by atoms with E-state index in [1.165, 1.54) is 0 Å². The minimum Gasteiger partial charge on any atom is -0.267 e. The highest BCUT2D eigenvalue weighted by molar-refractivity contribution is 5.80. The maximum atomic E-state index is 12.9. The molecule has 160 valence electrons. The van der Waals surface area contributed by atoms with E-state index in [1.54, 1.807) is 4.68 Å². The Morgan fingerprint density at radius 3 is 2.44 bits per heavy atom. The summed E-state index contributed by atoms with van der Waals surface area (Å²) in [6.07, 6.45) is 0.876. The SMILES string of the molecule is CCCn1c(=O)c2ccc(C)nc2n1Cc1ccc(-c2ccccc2-c2nn[nH]n2)cc1. The Balaban J connectivity index is 1.52. The third-order valence-electron chi connectivity index (χ3n) is 5.56. The molecule has 0 aliphatic heterocycles. The highest BCUT2D eigenvalue weighted by atomic mass is 16.1. The summed E-state index contributed by atoms with van der Waals surface area (Å²) in [7, 11) is 0. The summed E-state index contributed by atoms with van der Waals surface area (Å²) in [5.41, 5.74) is 5.75. The lowest BCUT2D eigenvalue weighted by Crippen LogP contribution is -2.23. The van der Waals surface area contributed by atoms with Crippen LogP contribution in [0, 0.1) is 6.92 Å². The zero-order chi connectivity index (χ0) is 22.1. The lowest BCUT2D eigenvalue weighted by molar-refractivity contribution is 0.473. The lowest BCUT2D eigenvalue weighted by Gasteiger charge is -2.13. The molecule has 0 amide bonds. The van der Waals surface area contributed by atoms with E-state index in [-0.39, 0.29) is 5.56 Å². The van der Waals surface area contributed by atoms with Crippen molar-refractivity contribution in [1.82, 2.24) is 35.0 Å². The fourth-order valence-electron chi connectivity index (χ4n) is 4.03. The van der Waals surface area contributed by atoms with Gasteiger partial charge < -0.3 is 0 Å². The van der Waals surface area contributed by atoms with Crippen molar-refractivity contribution in [3.05, 3.63) is 82.3 Å². The molecule has 8 heteroatoms. The number of benzene rings is 2. The van der Waals surface area contributed by atoms with Crippen LogP contribution in [0.1, 0.15) is 24.6 Å². The number of pyridine rings is 1. The Kier molecular flexibility index (Phi) is 5.10. The number of H-pyrrole nitrogens is 1.